The third-order valence-corrected chi connectivity index (χ3v) is 5.98. The Morgan fingerprint density at radius 2 is 1.41 bits per heavy atom. The van der Waals surface area contributed by atoms with Crippen molar-refractivity contribution in [3.05, 3.63) is 116 Å². The van der Waals surface area contributed by atoms with E-state index in [2.05, 4.69) is 57.4 Å². The van der Waals surface area contributed by atoms with Gasteiger partial charge in [0.05, 0.1) is 5.82 Å². The Balaban J connectivity index is 0.000000164. The molecule has 3 aromatic heterocycles. The topological polar surface area (TPSA) is 38.7 Å². The van der Waals surface area contributed by atoms with Gasteiger partial charge < -0.3 is 4.98 Å². The summed E-state index contributed by atoms with van der Waals surface area (Å²) in [5, 5.41) is 2.61. The zero-order valence-electron chi connectivity index (χ0n) is 16.9. The van der Waals surface area contributed by atoms with Crippen LogP contribution in [0.3, 0.4) is 0 Å². The van der Waals surface area contributed by atoms with Gasteiger partial charge in [-0.15, -0.1) is 59.7 Å². The first-order chi connectivity index (χ1) is 15.4. The summed E-state index contributed by atoms with van der Waals surface area (Å²) in [6, 6.07) is 34.5. The molecule has 157 valence electrons. The molecule has 3 aromatic carbocycles. The molecule has 0 spiro atoms. The summed E-state index contributed by atoms with van der Waals surface area (Å²) in [4.78, 5) is 12.7. The second-order valence-electron chi connectivity index (χ2n) is 6.76. The fourth-order valence-corrected chi connectivity index (χ4v) is 4.57. The van der Waals surface area contributed by atoms with E-state index in [0.29, 0.717) is 0 Å². The number of rotatable bonds is 2. The Morgan fingerprint density at radius 3 is 2.19 bits per heavy atom. The fraction of sp³-hybridized carbons (Fsp3) is 0. The quantitative estimate of drug-likeness (QED) is 0.202. The second-order valence-corrected chi connectivity index (χ2v) is 7.81. The monoisotopic (exact) mass is 608 g/mol. The van der Waals surface area contributed by atoms with Gasteiger partial charge in [0.2, 0.25) is 0 Å². The van der Waals surface area contributed by atoms with Crippen LogP contribution in [0.5, 0.6) is 0 Å². The van der Waals surface area contributed by atoms with E-state index < -0.39 is 0 Å². The van der Waals surface area contributed by atoms with E-state index in [4.69, 9.17) is 0 Å². The molecule has 0 saturated heterocycles. The number of nitrogens with zero attached hydrogens (tertiary/aromatic N) is 3. The van der Waals surface area contributed by atoms with E-state index in [0.717, 1.165) is 22.6 Å². The van der Waals surface area contributed by atoms with Crippen LogP contribution in [0.1, 0.15) is 0 Å². The minimum absolute atomic E-state index is 0. The summed E-state index contributed by atoms with van der Waals surface area (Å²) >= 11 is 1.81. The summed E-state index contributed by atoms with van der Waals surface area (Å²) in [5.74, 6) is 0.720. The van der Waals surface area contributed by atoms with Crippen LogP contribution in [0.25, 0.3) is 42.8 Å². The van der Waals surface area contributed by atoms with Crippen LogP contribution < -0.4 is 0 Å². The molecular formula is C27H17IrN3S-2. The van der Waals surface area contributed by atoms with Crippen LogP contribution in [0, 0.1) is 12.1 Å². The first-order valence-electron chi connectivity index (χ1n) is 9.87. The molecule has 6 aromatic rings. The van der Waals surface area contributed by atoms with Crippen LogP contribution in [0.2, 0.25) is 0 Å². The number of benzene rings is 3. The molecule has 5 heteroatoms. The van der Waals surface area contributed by atoms with Gasteiger partial charge in [0, 0.05) is 43.4 Å². The van der Waals surface area contributed by atoms with Gasteiger partial charge in [-0.3, -0.25) is 9.97 Å². The van der Waals surface area contributed by atoms with Gasteiger partial charge in [-0.2, -0.15) is 11.3 Å². The Labute approximate surface area is 204 Å². The van der Waals surface area contributed by atoms with E-state index in [9.17, 15) is 0 Å². The average molecular weight is 608 g/mol. The van der Waals surface area contributed by atoms with Crippen LogP contribution >= 0.6 is 11.3 Å². The number of thiophene rings is 1. The maximum Gasteiger partial charge on any atom is 0.0748 e. The minimum Gasteiger partial charge on any atom is -0.305 e. The van der Waals surface area contributed by atoms with E-state index in [1.54, 1.807) is 18.5 Å². The Bertz CT molecular complexity index is 1380. The zero-order chi connectivity index (χ0) is 20.9. The minimum atomic E-state index is 0. The summed E-state index contributed by atoms with van der Waals surface area (Å²) in [5.41, 5.74) is 3.01. The number of pyridine rings is 1. The van der Waals surface area contributed by atoms with E-state index in [1.165, 1.54) is 20.2 Å². The van der Waals surface area contributed by atoms with Crippen LogP contribution in [-0.2, 0) is 20.1 Å². The average Bonchev–Trinajstić information content (AvgIpc) is 3.25. The smallest absolute Gasteiger partial charge is 0.0748 e. The molecule has 0 atom stereocenters. The molecule has 3 nitrogen and oxygen atoms in total. The summed E-state index contributed by atoms with van der Waals surface area (Å²) in [6.07, 6.45) is 5.28. The van der Waals surface area contributed by atoms with Gasteiger partial charge in [-0.05, 0) is 34.0 Å². The number of hydrogen-bond donors (Lipinski definition) is 0. The molecule has 0 saturated carbocycles. The standard InChI is InChI=1S/C17H10NS.C10H7N2.Ir/c1-2-10-16-12(6-1)13-7-5-8-14(17(13)19-16)15-9-3-4-11-18-15;1-2-5-9(6-3-1)10-11-7-4-8-12-10;/h1-7,9-11H;1-5,7-8H;/q2*-1;. The van der Waals surface area contributed by atoms with Crippen molar-refractivity contribution in [2.45, 2.75) is 0 Å². The second kappa shape index (κ2) is 10.4. The summed E-state index contributed by atoms with van der Waals surface area (Å²) in [7, 11) is 0. The maximum absolute atomic E-state index is 4.44. The van der Waals surface area contributed by atoms with Crippen molar-refractivity contribution in [1.82, 2.24) is 15.0 Å². The van der Waals surface area contributed by atoms with Crippen LogP contribution in [0.15, 0.2) is 104 Å². The third kappa shape index (κ3) is 4.66. The molecule has 0 bridgehead atoms. The van der Waals surface area contributed by atoms with E-state index in [1.807, 2.05) is 66.1 Å². The van der Waals surface area contributed by atoms with Crippen molar-refractivity contribution >= 4 is 31.5 Å². The molecule has 0 aliphatic heterocycles. The maximum atomic E-state index is 4.44. The van der Waals surface area contributed by atoms with Crippen molar-refractivity contribution < 1.29 is 20.1 Å². The molecule has 32 heavy (non-hydrogen) atoms. The van der Waals surface area contributed by atoms with Gasteiger partial charge in [0.1, 0.15) is 0 Å². The van der Waals surface area contributed by atoms with Gasteiger partial charge in [-0.1, -0.05) is 35.7 Å². The molecule has 0 amide bonds. The first-order valence-corrected chi connectivity index (χ1v) is 10.7. The number of fused-ring (bicyclic) bond motifs is 3. The van der Waals surface area contributed by atoms with Crippen molar-refractivity contribution in [1.29, 1.82) is 0 Å². The van der Waals surface area contributed by atoms with Crippen molar-refractivity contribution in [3.63, 3.8) is 0 Å². The van der Waals surface area contributed by atoms with Gasteiger partial charge >= 0.3 is 0 Å². The predicted octanol–water partition coefficient (Wildman–Crippen LogP) is 6.86. The Kier molecular flexibility index (Phi) is 7.13. The van der Waals surface area contributed by atoms with Gasteiger partial charge in [-0.25, -0.2) is 0 Å². The SMILES string of the molecule is [Ir].[c-]1ccc2c(sc3ccccc32)c1-c1ccccn1.[c-]1ccccc1-c1ncccn1. The molecule has 0 N–H and O–H groups in total. The van der Waals surface area contributed by atoms with Crippen LogP contribution in [0.4, 0.5) is 0 Å². The normalized spacial score (nSPS) is 10.2. The van der Waals surface area contributed by atoms with E-state index in [-0.39, 0.29) is 20.1 Å². The largest absolute Gasteiger partial charge is 0.305 e. The predicted molar refractivity (Wildman–Crippen MR) is 128 cm³/mol. The van der Waals surface area contributed by atoms with E-state index >= 15 is 0 Å². The molecule has 0 aliphatic carbocycles. The molecule has 0 unspecified atom stereocenters. The van der Waals surface area contributed by atoms with Gasteiger partial charge in [0.25, 0.3) is 0 Å². The van der Waals surface area contributed by atoms with Crippen molar-refractivity contribution in [2.24, 2.45) is 0 Å². The fourth-order valence-electron chi connectivity index (χ4n) is 3.36. The molecule has 1 radical (unpaired) electrons. The molecule has 3 heterocycles. The third-order valence-electron chi connectivity index (χ3n) is 4.78. The first kappa shape index (κ1) is 22.0. The Morgan fingerprint density at radius 1 is 0.625 bits per heavy atom. The molecule has 6 rings (SSSR count). The van der Waals surface area contributed by atoms with Crippen molar-refractivity contribution in [3.8, 4) is 22.6 Å². The molecular weight excluding hydrogens is 591 g/mol. The van der Waals surface area contributed by atoms with Crippen LogP contribution in [-0.4, -0.2) is 15.0 Å². The Hall–Kier alpha value is -3.24. The molecule has 0 aliphatic rings. The number of aromatic nitrogens is 3. The number of hydrogen-bond acceptors (Lipinski definition) is 4. The summed E-state index contributed by atoms with van der Waals surface area (Å²) in [6.45, 7) is 0. The van der Waals surface area contributed by atoms with Crippen molar-refractivity contribution in [2.75, 3.05) is 0 Å². The van der Waals surface area contributed by atoms with Gasteiger partial charge in [0.15, 0.2) is 0 Å². The molecule has 0 fully saturated rings. The summed E-state index contributed by atoms with van der Waals surface area (Å²) < 4.78 is 2.58. The zero-order valence-corrected chi connectivity index (χ0v) is 20.1.